The SMILES string of the molecule is C/C=C\CN[C@H]1CCc2ccccc21. The maximum Gasteiger partial charge on any atom is 0.0328 e. The monoisotopic (exact) mass is 187 g/mol. The number of nitrogens with one attached hydrogen (secondary N) is 1. The summed E-state index contributed by atoms with van der Waals surface area (Å²) >= 11 is 0. The summed E-state index contributed by atoms with van der Waals surface area (Å²) in [5, 5.41) is 3.55. The van der Waals surface area contributed by atoms with E-state index in [0.717, 1.165) is 6.54 Å². The number of hydrogen-bond acceptors (Lipinski definition) is 1. The van der Waals surface area contributed by atoms with E-state index in [1.165, 1.54) is 24.0 Å². The molecule has 1 N–H and O–H groups in total. The predicted octanol–water partition coefficient (Wildman–Crippen LogP) is 2.84. The average Bonchev–Trinajstić information content (AvgIpc) is 2.63. The Hall–Kier alpha value is -1.08. The third-order valence-electron chi connectivity index (χ3n) is 2.85. The first kappa shape index (κ1) is 9.47. The van der Waals surface area contributed by atoms with Gasteiger partial charge in [-0.15, -0.1) is 0 Å². The Kier molecular flexibility index (Phi) is 3.00. The van der Waals surface area contributed by atoms with Gasteiger partial charge in [-0.3, -0.25) is 0 Å². The summed E-state index contributed by atoms with van der Waals surface area (Å²) in [5.41, 5.74) is 3.02. The van der Waals surface area contributed by atoms with Crippen LogP contribution in [0.2, 0.25) is 0 Å². The summed E-state index contributed by atoms with van der Waals surface area (Å²) in [4.78, 5) is 0. The number of benzene rings is 1. The first-order valence-corrected chi connectivity index (χ1v) is 5.34. The van der Waals surface area contributed by atoms with Crippen LogP contribution in [0.1, 0.15) is 30.5 Å². The molecule has 1 atom stereocenters. The van der Waals surface area contributed by atoms with Gasteiger partial charge in [0, 0.05) is 12.6 Å². The highest BCUT2D eigenvalue weighted by atomic mass is 14.9. The summed E-state index contributed by atoms with van der Waals surface area (Å²) in [5.74, 6) is 0. The predicted molar refractivity (Wildman–Crippen MR) is 60.3 cm³/mol. The molecule has 0 saturated carbocycles. The molecule has 0 bridgehead atoms. The summed E-state index contributed by atoms with van der Waals surface area (Å²) in [6.07, 6.45) is 6.73. The molecule has 0 aromatic heterocycles. The molecule has 74 valence electrons. The van der Waals surface area contributed by atoms with Crippen LogP contribution in [0, 0.1) is 0 Å². The van der Waals surface area contributed by atoms with Crippen LogP contribution in [0.4, 0.5) is 0 Å². The Morgan fingerprint density at radius 3 is 3.14 bits per heavy atom. The lowest BCUT2D eigenvalue weighted by Gasteiger charge is -2.11. The van der Waals surface area contributed by atoms with Crippen molar-refractivity contribution >= 4 is 0 Å². The van der Waals surface area contributed by atoms with Crippen molar-refractivity contribution in [3.63, 3.8) is 0 Å². The Bertz CT molecular complexity index is 328. The molecule has 0 unspecified atom stereocenters. The van der Waals surface area contributed by atoms with Gasteiger partial charge in [-0.05, 0) is 30.9 Å². The van der Waals surface area contributed by atoms with Crippen molar-refractivity contribution in [2.45, 2.75) is 25.8 Å². The minimum absolute atomic E-state index is 0.572. The maximum absolute atomic E-state index is 3.55. The molecule has 0 fully saturated rings. The number of rotatable bonds is 3. The first-order valence-electron chi connectivity index (χ1n) is 5.34. The molecule has 14 heavy (non-hydrogen) atoms. The largest absolute Gasteiger partial charge is 0.306 e. The molecular weight excluding hydrogens is 170 g/mol. The Morgan fingerprint density at radius 2 is 2.29 bits per heavy atom. The Balaban J connectivity index is 2.03. The van der Waals surface area contributed by atoms with Crippen LogP contribution in [0.15, 0.2) is 36.4 Å². The van der Waals surface area contributed by atoms with E-state index in [4.69, 9.17) is 0 Å². The molecular formula is C13H17N. The van der Waals surface area contributed by atoms with Crippen molar-refractivity contribution in [1.82, 2.24) is 5.32 Å². The summed E-state index contributed by atoms with van der Waals surface area (Å²) in [6.45, 7) is 3.04. The highest BCUT2D eigenvalue weighted by Crippen LogP contribution is 2.30. The Morgan fingerprint density at radius 1 is 1.43 bits per heavy atom. The zero-order chi connectivity index (χ0) is 9.80. The van der Waals surface area contributed by atoms with E-state index in [0.29, 0.717) is 6.04 Å². The number of aryl methyl sites for hydroxylation is 1. The average molecular weight is 187 g/mol. The summed E-state index contributed by atoms with van der Waals surface area (Å²) in [6, 6.07) is 9.33. The molecule has 0 saturated heterocycles. The number of allylic oxidation sites excluding steroid dienone is 1. The summed E-state index contributed by atoms with van der Waals surface area (Å²) in [7, 11) is 0. The molecule has 0 radical (unpaired) electrons. The van der Waals surface area contributed by atoms with Gasteiger partial charge in [-0.2, -0.15) is 0 Å². The standard InChI is InChI=1S/C13H17N/c1-2-3-10-14-13-9-8-11-6-4-5-7-12(11)13/h2-7,13-14H,8-10H2,1H3/b3-2-/t13-/m0/s1. The van der Waals surface area contributed by atoms with Crippen molar-refractivity contribution in [1.29, 1.82) is 0 Å². The number of hydrogen-bond donors (Lipinski definition) is 1. The lowest BCUT2D eigenvalue weighted by atomic mass is 10.1. The van der Waals surface area contributed by atoms with Crippen molar-refractivity contribution < 1.29 is 0 Å². The quantitative estimate of drug-likeness (QED) is 0.717. The van der Waals surface area contributed by atoms with E-state index in [1.54, 1.807) is 0 Å². The van der Waals surface area contributed by atoms with Gasteiger partial charge in [-0.1, -0.05) is 36.4 Å². The Labute approximate surface area is 85.8 Å². The van der Waals surface area contributed by atoms with Gasteiger partial charge >= 0.3 is 0 Å². The second-order valence-electron chi connectivity index (χ2n) is 3.77. The highest BCUT2D eigenvalue weighted by Gasteiger charge is 2.20. The van der Waals surface area contributed by atoms with E-state index < -0.39 is 0 Å². The molecule has 2 rings (SSSR count). The normalized spacial score (nSPS) is 20.2. The molecule has 1 aromatic rings. The van der Waals surface area contributed by atoms with Crippen LogP contribution >= 0.6 is 0 Å². The van der Waals surface area contributed by atoms with E-state index in [9.17, 15) is 0 Å². The fourth-order valence-electron chi connectivity index (χ4n) is 2.10. The minimum Gasteiger partial charge on any atom is -0.306 e. The molecule has 1 aliphatic rings. The highest BCUT2D eigenvalue weighted by molar-refractivity contribution is 5.34. The molecule has 0 amide bonds. The molecule has 1 aromatic carbocycles. The van der Waals surface area contributed by atoms with Crippen LogP contribution in [-0.2, 0) is 6.42 Å². The van der Waals surface area contributed by atoms with Crippen LogP contribution in [0.3, 0.4) is 0 Å². The maximum atomic E-state index is 3.55. The number of fused-ring (bicyclic) bond motifs is 1. The molecule has 0 aliphatic heterocycles. The fourth-order valence-corrected chi connectivity index (χ4v) is 2.10. The lowest BCUT2D eigenvalue weighted by Crippen LogP contribution is -2.18. The second kappa shape index (κ2) is 4.43. The van der Waals surface area contributed by atoms with Gasteiger partial charge in [0.15, 0.2) is 0 Å². The minimum atomic E-state index is 0.572. The lowest BCUT2D eigenvalue weighted by molar-refractivity contribution is 0.564. The smallest absolute Gasteiger partial charge is 0.0328 e. The molecule has 0 heterocycles. The second-order valence-corrected chi connectivity index (χ2v) is 3.77. The van der Waals surface area contributed by atoms with Crippen molar-refractivity contribution in [2.24, 2.45) is 0 Å². The molecule has 0 spiro atoms. The molecule has 1 nitrogen and oxygen atoms in total. The van der Waals surface area contributed by atoms with Crippen molar-refractivity contribution in [3.05, 3.63) is 47.5 Å². The van der Waals surface area contributed by atoms with Crippen molar-refractivity contribution in [2.75, 3.05) is 6.54 Å². The van der Waals surface area contributed by atoms with Crippen LogP contribution in [0.5, 0.6) is 0 Å². The third kappa shape index (κ3) is 1.88. The molecule has 1 heteroatoms. The molecule has 1 aliphatic carbocycles. The van der Waals surface area contributed by atoms with Gasteiger partial charge in [0.25, 0.3) is 0 Å². The van der Waals surface area contributed by atoms with Gasteiger partial charge in [0.1, 0.15) is 0 Å². The van der Waals surface area contributed by atoms with Crippen LogP contribution in [0.25, 0.3) is 0 Å². The van der Waals surface area contributed by atoms with Crippen LogP contribution < -0.4 is 5.32 Å². The van der Waals surface area contributed by atoms with Crippen LogP contribution in [-0.4, -0.2) is 6.54 Å². The van der Waals surface area contributed by atoms with Gasteiger partial charge in [-0.25, -0.2) is 0 Å². The van der Waals surface area contributed by atoms with Gasteiger partial charge in [0.05, 0.1) is 0 Å². The first-order chi connectivity index (χ1) is 6.92. The van der Waals surface area contributed by atoms with Gasteiger partial charge in [0.2, 0.25) is 0 Å². The van der Waals surface area contributed by atoms with E-state index in [2.05, 4.69) is 48.7 Å². The van der Waals surface area contributed by atoms with Crippen molar-refractivity contribution in [3.8, 4) is 0 Å². The zero-order valence-corrected chi connectivity index (χ0v) is 8.66. The zero-order valence-electron chi connectivity index (χ0n) is 8.66. The fraction of sp³-hybridized carbons (Fsp3) is 0.385. The third-order valence-corrected chi connectivity index (χ3v) is 2.85. The topological polar surface area (TPSA) is 12.0 Å². The van der Waals surface area contributed by atoms with E-state index >= 15 is 0 Å². The van der Waals surface area contributed by atoms with Gasteiger partial charge < -0.3 is 5.32 Å². The summed E-state index contributed by atoms with van der Waals surface area (Å²) < 4.78 is 0. The van der Waals surface area contributed by atoms with E-state index in [-0.39, 0.29) is 0 Å². The van der Waals surface area contributed by atoms with E-state index in [1.807, 2.05) is 0 Å².